The van der Waals surface area contributed by atoms with Crippen LogP contribution in [0, 0.1) is 5.41 Å². The molecule has 20 heavy (non-hydrogen) atoms. The molecule has 0 aliphatic carbocycles. The molecule has 122 valence electrons. The molecule has 0 aliphatic heterocycles. The van der Waals surface area contributed by atoms with Crippen molar-refractivity contribution >= 4 is 0 Å². The predicted octanol–water partition coefficient (Wildman–Crippen LogP) is 2.86. The molecule has 0 saturated carbocycles. The first-order chi connectivity index (χ1) is 9.62. The Labute approximate surface area is 125 Å². The van der Waals surface area contributed by atoms with Crippen LogP contribution < -0.4 is 5.32 Å². The van der Waals surface area contributed by atoms with Gasteiger partial charge < -0.3 is 19.5 Å². The molecule has 0 heterocycles. The van der Waals surface area contributed by atoms with Gasteiger partial charge in [0, 0.05) is 19.7 Å². The summed E-state index contributed by atoms with van der Waals surface area (Å²) in [6.07, 6.45) is 3.50. The van der Waals surface area contributed by atoms with Gasteiger partial charge in [0.05, 0.1) is 33.0 Å². The van der Waals surface area contributed by atoms with Gasteiger partial charge in [-0.1, -0.05) is 34.1 Å². The van der Waals surface area contributed by atoms with Gasteiger partial charge in [-0.05, 0) is 18.3 Å². The second kappa shape index (κ2) is 13.8. The van der Waals surface area contributed by atoms with E-state index in [0.717, 1.165) is 32.7 Å². The number of unbranched alkanes of at least 4 members (excludes halogenated alkanes) is 1. The lowest BCUT2D eigenvalue weighted by Gasteiger charge is -2.22. The molecule has 0 amide bonds. The van der Waals surface area contributed by atoms with Gasteiger partial charge in [-0.3, -0.25) is 0 Å². The maximum atomic E-state index is 5.50. The average Bonchev–Trinajstić information content (AvgIpc) is 2.44. The Morgan fingerprint density at radius 1 is 0.800 bits per heavy atom. The average molecular weight is 289 g/mol. The van der Waals surface area contributed by atoms with Crippen molar-refractivity contribution in [2.75, 3.05) is 52.7 Å². The van der Waals surface area contributed by atoms with E-state index in [9.17, 15) is 0 Å². The van der Waals surface area contributed by atoms with Crippen molar-refractivity contribution in [2.24, 2.45) is 5.41 Å². The third kappa shape index (κ3) is 14.3. The number of rotatable bonds is 15. The summed E-state index contributed by atoms with van der Waals surface area (Å²) in [6, 6.07) is 0. The minimum atomic E-state index is 0.376. The summed E-state index contributed by atoms with van der Waals surface area (Å²) in [6.45, 7) is 15.1. The quantitative estimate of drug-likeness (QED) is 0.471. The zero-order valence-electron chi connectivity index (χ0n) is 14.0. The molecule has 0 spiro atoms. The second-order valence-electron chi connectivity index (χ2n) is 5.89. The second-order valence-corrected chi connectivity index (χ2v) is 5.89. The lowest BCUT2D eigenvalue weighted by Crippen LogP contribution is -2.31. The third-order valence-electron chi connectivity index (χ3n) is 3.37. The van der Waals surface area contributed by atoms with Crippen LogP contribution in [0.4, 0.5) is 0 Å². The highest BCUT2D eigenvalue weighted by atomic mass is 16.5. The minimum absolute atomic E-state index is 0.376. The Morgan fingerprint density at radius 2 is 1.35 bits per heavy atom. The number of hydrogen-bond donors (Lipinski definition) is 1. The standard InChI is InChI=1S/C16H35NO3/c1-5-7-9-18-11-13-20-14-12-19-10-8-17-15-16(3,4)6-2/h17H,5-15H2,1-4H3. The molecule has 0 aromatic carbocycles. The molecule has 0 bridgehead atoms. The van der Waals surface area contributed by atoms with E-state index in [4.69, 9.17) is 14.2 Å². The van der Waals surface area contributed by atoms with Crippen LogP contribution in [0.25, 0.3) is 0 Å². The molecule has 4 heteroatoms. The van der Waals surface area contributed by atoms with E-state index in [1.807, 2.05) is 0 Å². The van der Waals surface area contributed by atoms with E-state index in [1.165, 1.54) is 12.8 Å². The van der Waals surface area contributed by atoms with Gasteiger partial charge in [-0.2, -0.15) is 0 Å². The Balaban J connectivity index is 3.06. The molecule has 0 unspecified atom stereocenters. The lowest BCUT2D eigenvalue weighted by atomic mass is 9.90. The molecule has 0 aliphatic rings. The van der Waals surface area contributed by atoms with Crippen molar-refractivity contribution in [1.82, 2.24) is 5.32 Å². The SMILES string of the molecule is CCCCOCCOCCOCCNCC(C)(C)CC. The van der Waals surface area contributed by atoms with Crippen molar-refractivity contribution in [3.05, 3.63) is 0 Å². The predicted molar refractivity (Wildman–Crippen MR) is 84.3 cm³/mol. The zero-order valence-corrected chi connectivity index (χ0v) is 14.0. The van der Waals surface area contributed by atoms with E-state index in [0.29, 0.717) is 31.8 Å². The van der Waals surface area contributed by atoms with Gasteiger partial charge >= 0.3 is 0 Å². The topological polar surface area (TPSA) is 39.7 Å². The van der Waals surface area contributed by atoms with Gasteiger partial charge in [0.1, 0.15) is 0 Å². The Hall–Kier alpha value is -0.160. The van der Waals surface area contributed by atoms with Crippen LogP contribution in [0.15, 0.2) is 0 Å². The maximum Gasteiger partial charge on any atom is 0.0701 e. The lowest BCUT2D eigenvalue weighted by molar-refractivity contribution is 0.0144. The monoisotopic (exact) mass is 289 g/mol. The molecule has 0 radical (unpaired) electrons. The van der Waals surface area contributed by atoms with Crippen LogP contribution >= 0.6 is 0 Å². The smallest absolute Gasteiger partial charge is 0.0701 e. The van der Waals surface area contributed by atoms with Crippen LogP contribution in [0.2, 0.25) is 0 Å². The highest BCUT2D eigenvalue weighted by molar-refractivity contribution is 4.68. The summed E-state index contributed by atoms with van der Waals surface area (Å²) >= 11 is 0. The van der Waals surface area contributed by atoms with Crippen molar-refractivity contribution < 1.29 is 14.2 Å². The molecule has 0 rings (SSSR count). The fourth-order valence-electron chi connectivity index (χ4n) is 1.48. The summed E-state index contributed by atoms with van der Waals surface area (Å²) in [5.41, 5.74) is 0.376. The summed E-state index contributed by atoms with van der Waals surface area (Å²) < 4.78 is 16.3. The van der Waals surface area contributed by atoms with Crippen molar-refractivity contribution in [3.8, 4) is 0 Å². The van der Waals surface area contributed by atoms with E-state index in [1.54, 1.807) is 0 Å². The molecule has 0 saturated heterocycles. The van der Waals surface area contributed by atoms with Crippen molar-refractivity contribution in [3.63, 3.8) is 0 Å². The first-order valence-corrected chi connectivity index (χ1v) is 8.06. The van der Waals surface area contributed by atoms with Gasteiger partial charge in [-0.25, -0.2) is 0 Å². The summed E-state index contributed by atoms with van der Waals surface area (Å²) in [5.74, 6) is 0. The van der Waals surface area contributed by atoms with Crippen LogP contribution in [-0.4, -0.2) is 52.7 Å². The first kappa shape index (κ1) is 19.8. The van der Waals surface area contributed by atoms with E-state index in [2.05, 4.69) is 33.0 Å². The van der Waals surface area contributed by atoms with E-state index >= 15 is 0 Å². The molecular formula is C16H35NO3. The fourth-order valence-corrected chi connectivity index (χ4v) is 1.48. The molecular weight excluding hydrogens is 254 g/mol. The maximum absolute atomic E-state index is 5.50. The first-order valence-electron chi connectivity index (χ1n) is 8.06. The largest absolute Gasteiger partial charge is 0.379 e. The van der Waals surface area contributed by atoms with Gasteiger partial charge in [-0.15, -0.1) is 0 Å². The molecule has 0 aromatic heterocycles. The zero-order chi connectivity index (χ0) is 15.1. The van der Waals surface area contributed by atoms with E-state index < -0.39 is 0 Å². The van der Waals surface area contributed by atoms with Crippen LogP contribution in [0.3, 0.4) is 0 Å². The molecule has 0 atom stereocenters. The van der Waals surface area contributed by atoms with Gasteiger partial charge in [0.15, 0.2) is 0 Å². The number of nitrogens with one attached hydrogen (secondary N) is 1. The number of ether oxygens (including phenoxy) is 3. The molecule has 0 fully saturated rings. The van der Waals surface area contributed by atoms with Crippen molar-refractivity contribution in [2.45, 2.75) is 47.0 Å². The molecule has 4 nitrogen and oxygen atoms in total. The van der Waals surface area contributed by atoms with Gasteiger partial charge in [0.25, 0.3) is 0 Å². The summed E-state index contributed by atoms with van der Waals surface area (Å²) in [7, 11) is 0. The fraction of sp³-hybridized carbons (Fsp3) is 1.00. The van der Waals surface area contributed by atoms with Crippen LogP contribution in [0.5, 0.6) is 0 Å². The highest BCUT2D eigenvalue weighted by Crippen LogP contribution is 2.17. The Morgan fingerprint density at radius 3 is 1.90 bits per heavy atom. The van der Waals surface area contributed by atoms with E-state index in [-0.39, 0.29) is 0 Å². The molecule has 0 aromatic rings. The highest BCUT2D eigenvalue weighted by Gasteiger charge is 2.13. The Bertz CT molecular complexity index is 198. The van der Waals surface area contributed by atoms with Crippen LogP contribution in [0.1, 0.15) is 47.0 Å². The number of hydrogen-bond acceptors (Lipinski definition) is 4. The summed E-state index contributed by atoms with van der Waals surface area (Å²) in [5, 5.41) is 3.42. The summed E-state index contributed by atoms with van der Waals surface area (Å²) in [4.78, 5) is 0. The molecule has 1 N–H and O–H groups in total. The van der Waals surface area contributed by atoms with Crippen LogP contribution in [-0.2, 0) is 14.2 Å². The third-order valence-corrected chi connectivity index (χ3v) is 3.37. The van der Waals surface area contributed by atoms with Crippen molar-refractivity contribution in [1.29, 1.82) is 0 Å². The normalized spacial score (nSPS) is 12.0. The Kier molecular flexibility index (Phi) is 13.7. The van der Waals surface area contributed by atoms with Gasteiger partial charge in [0.2, 0.25) is 0 Å². The minimum Gasteiger partial charge on any atom is -0.379 e.